The Labute approximate surface area is 123 Å². The first-order chi connectivity index (χ1) is 9.73. The number of carbonyl (C=O) groups excluding carboxylic acids is 1. The van der Waals surface area contributed by atoms with E-state index >= 15 is 0 Å². The largest absolute Gasteiger partial charge is 0.327 e. The van der Waals surface area contributed by atoms with Crippen molar-refractivity contribution in [3.05, 3.63) is 29.8 Å². The van der Waals surface area contributed by atoms with E-state index in [-0.39, 0.29) is 34.9 Å². The minimum absolute atomic E-state index is 0.0136. The molecule has 21 heavy (non-hydrogen) atoms. The summed E-state index contributed by atoms with van der Waals surface area (Å²) in [4.78, 5) is 12.5. The summed E-state index contributed by atoms with van der Waals surface area (Å²) in [6, 6.07) is 3.21. The van der Waals surface area contributed by atoms with Crippen LogP contribution in [0.4, 0.5) is 14.5 Å². The summed E-state index contributed by atoms with van der Waals surface area (Å²) >= 11 is 0. The molecule has 0 radical (unpaired) electrons. The van der Waals surface area contributed by atoms with Crippen LogP contribution in [0.5, 0.6) is 0 Å². The lowest BCUT2D eigenvalue weighted by atomic mass is 9.61. The molecular formula is C16H22F2N2O. The Morgan fingerprint density at radius 2 is 2.00 bits per heavy atom. The van der Waals surface area contributed by atoms with E-state index in [0.29, 0.717) is 6.42 Å². The minimum atomic E-state index is -0.762. The van der Waals surface area contributed by atoms with Crippen molar-refractivity contribution in [2.24, 2.45) is 23.0 Å². The molecule has 2 rings (SSSR count). The first-order valence-corrected chi connectivity index (χ1v) is 7.25. The minimum Gasteiger partial charge on any atom is -0.327 e. The Balaban J connectivity index is 2.16. The molecule has 1 saturated carbocycles. The van der Waals surface area contributed by atoms with Crippen LogP contribution in [0.2, 0.25) is 0 Å². The van der Waals surface area contributed by atoms with Crippen molar-refractivity contribution < 1.29 is 13.6 Å². The molecule has 116 valence electrons. The predicted octanol–water partition coefficient (Wildman–Crippen LogP) is 3.30. The fourth-order valence-electron chi connectivity index (χ4n) is 3.13. The van der Waals surface area contributed by atoms with Gasteiger partial charge in [0.05, 0.1) is 5.69 Å². The van der Waals surface area contributed by atoms with E-state index in [2.05, 4.69) is 5.32 Å². The number of hydrogen-bond donors (Lipinski definition) is 2. The van der Waals surface area contributed by atoms with Gasteiger partial charge in [-0.15, -0.1) is 0 Å². The zero-order valence-electron chi connectivity index (χ0n) is 12.6. The maximum absolute atomic E-state index is 13.6. The number of rotatable bonds is 2. The molecule has 1 aliphatic carbocycles. The highest BCUT2D eigenvalue weighted by Crippen LogP contribution is 2.44. The van der Waals surface area contributed by atoms with E-state index in [9.17, 15) is 13.6 Å². The van der Waals surface area contributed by atoms with Crippen LogP contribution >= 0.6 is 0 Å². The first-order valence-electron chi connectivity index (χ1n) is 7.25. The highest BCUT2D eigenvalue weighted by Gasteiger charge is 2.45. The number of anilines is 1. The van der Waals surface area contributed by atoms with E-state index in [0.717, 1.165) is 18.6 Å². The molecule has 1 aromatic rings. The van der Waals surface area contributed by atoms with Crippen molar-refractivity contribution in [1.82, 2.24) is 0 Å². The molecule has 1 fully saturated rings. The topological polar surface area (TPSA) is 55.1 Å². The standard InChI is InChI=1S/C16H22F2N2O/c1-9-13(19)6-5-11(16(9,2)3)15(21)20-14-7-4-10(17)8-12(14)18/h4,7-9,11,13H,5-6,19H2,1-3H3,(H,20,21). The van der Waals surface area contributed by atoms with Gasteiger partial charge < -0.3 is 11.1 Å². The lowest BCUT2D eigenvalue weighted by Gasteiger charge is -2.46. The van der Waals surface area contributed by atoms with Gasteiger partial charge in [-0.1, -0.05) is 20.8 Å². The van der Waals surface area contributed by atoms with E-state index in [1.165, 1.54) is 6.07 Å². The second kappa shape index (κ2) is 5.72. The Morgan fingerprint density at radius 1 is 1.33 bits per heavy atom. The molecular weight excluding hydrogens is 274 g/mol. The summed E-state index contributed by atoms with van der Waals surface area (Å²) < 4.78 is 26.5. The number of carbonyl (C=O) groups is 1. The molecule has 1 aromatic carbocycles. The van der Waals surface area contributed by atoms with Gasteiger partial charge in [-0.25, -0.2) is 8.78 Å². The second-order valence-electron chi connectivity index (χ2n) is 6.52. The third-order valence-corrected chi connectivity index (χ3v) is 5.01. The number of nitrogens with two attached hydrogens (primary N) is 1. The van der Waals surface area contributed by atoms with Gasteiger partial charge in [0.2, 0.25) is 5.91 Å². The van der Waals surface area contributed by atoms with Crippen molar-refractivity contribution in [2.75, 3.05) is 5.32 Å². The van der Waals surface area contributed by atoms with Crippen molar-refractivity contribution in [3.8, 4) is 0 Å². The lowest BCUT2D eigenvalue weighted by molar-refractivity contribution is -0.127. The van der Waals surface area contributed by atoms with Crippen LogP contribution in [-0.4, -0.2) is 11.9 Å². The average molecular weight is 296 g/mol. The first kappa shape index (κ1) is 15.9. The van der Waals surface area contributed by atoms with Crippen LogP contribution in [-0.2, 0) is 4.79 Å². The number of hydrogen-bond acceptors (Lipinski definition) is 2. The summed E-state index contributed by atoms with van der Waals surface area (Å²) in [6.07, 6.45) is 1.45. The van der Waals surface area contributed by atoms with Gasteiger partial charge in [-0.05, 0) is 36.3 Å². The van der Waals surface area contributed by atoms with E-state index in [4.69, 9.17) is 5.73 Å². The van der Waals surface area contributed by atoms with Crippen molar-refractivity contribution in [2.45, 2.75) is 39.7 Å². The molecule has 0 aromatic heterocycles. The maximum atomic E-state index is 13.6. The molecule has 1 aliphatic rings. The highest BCUT2D eigenvalue weighted by atomic mass is 19.1. The summed E-state index contributed by atoms with van der Waals surface area (Å²) in [5.74, 6) is -1.70. The molecule has 0 heterocycles. The van der Waals surface area contributed by atoms with Gasteiger partial charge in [0.15, 0.2) is 0 Å². The molecule has 0 bridgehead atoms. The highest BCUT2D eigenvalue weighted by molar-refractivity contribution is 5.93. The molecule has 3 N–H and O–H groups in total. The fourth-order valence-corrected chi connectivity index (χ4v) is 3.13. The summed E-state index contributed by atoms with van der Waals surface area (Å²) in [5, 5.41) is 2.58. The van der Waals surface area contributed by atoms with Gasteiger partial charge in [-0.3, -0.25) is 4.79 Å². The summed E-state index contributed by atoms with van der Waals surface area (Å²) in [6.45, 7) is 6.08. The summed E-state index contributed by atoms with van der Waals surface area (Å²) in [5.41, 5.74) is 5.82. The molecule has 0 spiro atoms. The molecule has 0 saturated heterocycles. The van der Waals surface area contributed by atoms with Crippen LogP contribution in [0.15, 0.2) is 18.2 Å². The van der Waals surface area contributed by atoms with Gasteiger partial charge in [0.1, 0.15) is 11.6 Å². The number of halogens is 2. The van der Waals surface area contributed by atoms with Crippen LogP contribution in [0.25, 0.3) is 0 Å². The number of amides is 1. The molecule has 3 nitrogen and oxygen atoms in total. The number of nitrogens with one attached hydrogen (secondary N) is 1. The van der Waals surface area contributed by atoms with E-state index in [1.807, 2.05) is 20.8 Å². The zero-order valence-corrected chi connectivity index (χ0v) is 12.6. The quantitative estimate of drug-likeness (QED) is 0.879. The van der Waals surface area contributed by atoms with Crippen molar-refractivity contribution in [3.63, 3.8) is 0 Å². The van der Waals surface area contributed by atoms with E-state index in [1.54, 1.807) is 0 Å². The monoisotopic (exact) mass is 296 g/mol. The molecule has 3 unspecified atom stereocenters. The van der Waals surface area contributed by atoms with Crippen LogP contribution in [0.3, 0.4) is 0 Å². The van der Waals surface area contributed by atoms with E-state index < -0.39 is 11.6 Å². The van der Waals surface area contributed by atoms with Crippen molar-refractivity contribution in [1.29, 1.82) is 0 Å². The van der Waals surface area contributed by atoms with Gasteiger partial charge >= 0.3 is 0 Å². The van der Waals surface area contributed by atoms with Gasteiger partial charge in [-0.2, -0.15) is 0 Å². The Morgan fingerprint density at radius 3 is 2.62 bits per heavy atom. The van der Waals surface area contributed by atoms with Gasteiger partial charge in [0, 0.05) is 18.0 Å². The normalized spacial score (nSPS) is 28.2. The molecule has 1 amide bonds. The zero-order chi connectivity index (χ0) is 15.8. The Hall–Kier alpha value is -1.49. The van der Waals surface area contributed by atoms with Crippen LogP contribution in [0.1, 0.15) is 33.6 Å². The predicted molar refractivity (Wildman–Crippen MR) is 78.6 cm³/mol. The fraction of sp³-hybridized carbons (Fsp3) is 0.562. The Kier molecular flexibility index (Phi) is 4.33. The smallest absolute Gasteiger partial charge is 0.228 e. The molecule has 3 atom stereocenters. The average Bonchev–Trinajstić information content (AvgIpc) is 2.39. The van der Waals surface area contributed by atoms with Crippen LogP contribution in [0, 0.1) is 28.9 Å². The lowest BCUT2D eigenvalue weighted by Crippen LogP contribution is -2.50. The molecule has 0 aliphatic heterocycles. The third kappa shape index (κ3) is 3.07. The molecule has 5 heteroatoms. The second-order valence-corrected chi connectivity index (χ2v) is 6.52. The number of benzene rings is 1. The maximum Gasteiger partial charge on any atom is 0.228 e. The van der Waals surface area contributed by atoms with Gasteiger partial charge in [0.25, 0.3) is 0 Å². The van der Waals surface area contributed by atoms with Crippen molar-refractivity contribution >= 4 is 11.6 Å². The summed E-state index contributed by atoms with van der Waals surface area (Å²) in [7, 11) is 0. The van der Waals surface area contributed by atoms with Crippen LogP contribution < -0.4 is 11.1 Å². The third-order valence-electron chi connectivity index (χ3n) is 5.01. The Bertz CT molecular complexity index is 545. The SMILES string of the molecule is CC1C(N)CCC(C(=O)Nc2ccc(F)cc2F)C1(C)C.